The van der Waals surface area contributed by atoms with Gasteiger partial charge in [0.1, 0.15) is 11.7 Å². The molecule has 0 aromatic heterocycles. The van der Waals surface area contributed by atoms with Crippen molar-refractivity contribution in [2.75, 3.05) is 7.11 Å². The van der Waals surface area contributed by atoms with E-state index in [1.807, 2.05) is 0 Å². The molecule has 0 saturated heterocycles. The lowest BCUT2D eigenvalue weighted by atomic mass is 9.88. The maximum Gasteiger partial charge on any atom is 0.181 e. The summed E-state index contributed by atoms with van der Waals surface area (Å²) in [5.41, 5.74) is 0.229. The quantitative estimate of drug-likeness (QED) is 0.644. The largest absolute Gasteiger partial charge is 0.497 e. The van der Waals surface area contributed by atoms with E-state index in [2.05, 4.69) is 4.99 Å². The fourth-order valence-electron chi connectivity index (χ4n) is 2.35. The second-order valence-electron chi connectivity index (χ2n) is 5.00. The van der Waals surface area contributed by atoms with Gasteiger partial charge in [0.05, 0.1) is 12.8 Å². The highest BCUT2D eigenvalue weighted by molar-refractivity contribution is 6.27. The molecule has 0 fully saturated rings. The molecule has 116 valence electrons. The fourth-order valence-corrected chi connectivity index (χ4v) is 2.35. The zero-order valence-electron chi connectivity index (χ0n) is 12.0. The van der Waals surface area contributed by atoms with Gasteiger partial charge in [-0.1, -0.05) is 0 Å². The Morgan fingerprint density at radius 3 is 2.43 bits per heavy atom. The second kappa shape index (κ2) is 5.72. The molecule has 0 radical (unpaired) electrons. The smallest absolute Gasteiger partial charge is 0.181 e. The lowest BCUT2D eigenvalue weighted by molar-refractivity contribution is 0.0854. The molecular formula is C17H11F2NO3. The molecular weight excluding hydrogens is 304 g/mol. The standard InChI is InChI=1S/C17H11F2NO3/c1-23-10-4-2-9(3-5-10)16(21)12-8-20-15-7-14(19)13(18)6-11(15)17(12)22/h2-8,12H,1H3. The number of hydrogen-bond donors (Lipinski definition) is 0. The van der Waals surface area contributed by atoms with Crippen molar-refractivity contribution in [1.29, 1.82) is 0 Å². The lowest BCUT2D eigenvalue weighted by Gasteiger charge is -2.17. The molecule has 0 bridgehead atoms. The minimum absolute atomic E-state index is 0.0210. The fraction of sp³-hybridized carbons (Fsp3) is 0.118. The van der Waals surface area contributed by atoms with Gasteiger partial charge in [0.2, 0.25) is 0 Å². The van der Waals surface area contributed by atoms with Crippen LogP contribution in [-0.4, -0.2) is 24.9 Å². The Labute approximate surface area is 130 Å². The number of Topliss-reactive ketones (excluding diaryl/α,β-unsaturated/α-hetero) is 2. The van der Waals surface area contributed by atoms with E-state index in [0.717, 1.165) is 18.3 Å². The van der Waals surface area contributed by atoms with Crippen LogP contribution in [0.25, 0.3) is 0 Å². The number of halogens is 2. The number of ether oxygens (including phenoxy) is 1. The van der Waals surface area contributed by atoms with Crippen LogP contribution in [0.1, 0.15) is 20.7 Å². The summed E-state index contributed by atoms with van der Waals surface area (Å²) in [5.74, 6) is -3.88. The molecule has 0 aliphatic carbocycles. The Balaban J connectivity index is 1.94. The van der Waals surface area contributed by atoms with Gasteiger partial charge in [-0.15, -0.1) is 0 Å². The van der Waals surface area contributed by atoms with E-state index in [9.17, 15) is 18.4 Å². The molecule has 6 heteroatoms. The number of benzene rings is 2. The summed E-state index contributed by atoms with van der Waals surface area (Å²) in [6.07, 6.45) is 1.16. The lowest BCUT2D eigenvalue weighted by Crippen LogP contribution is -2.28. The topological polar surface area (TPSA) is 55.7 Å². The SMILES string of the molecule is COc1ccc(C(=O)C2C=Nc3cc(F)c(F)cc3C2=O)cc1. The average Bonchev–Trinajstić information content (AvgIpc) is 2.56. The monoisotopic (exact) mass is 315 g/mol. The Bertz CT molecular complexity index is 828. The van der Waals surface area contributed by atoms with Crippen LogP contribution in [0.5, 0.6) is 5.75 Å². The zero-order chi connectivity index (χ0) is 16.6. The van der Waals surface area contributed by atoms with E-state index in [-0.39, 0.29) is 11.3 Å². The Morgan fingerprint density at radius 2 is 1.78 bits per heavy atom. The predicted octanol–water partition coefficient (Wildman–Crippen LogP) is 3.37. The molecule has 1 atom stereocenters. The van der Waals surface area contributed by atoms with E-state index in [4.69, 9.17) is 4.74 Å². The molecule has 0 amide bonds. The molecule has 4 nitrogen and oxygen atoms in total. The molecule has 1 heterocycles. The van der Waals surface area contributed by atoms with E-state index in [1.54, 1.807) is 12.1 Å². The maximum absolute atomic E-state index is 13.3. The number of methoxy groups -OCH3 is 1. The van der Waals surface area contributed by atoms with Gasteiger partial charge in [0.25, 0.3) is 0 Å². The molecule has 0 saturated carbocycles. The summed E-state index contributed by atoms with van der Waals surface area (Å²) in [6.45, 7) is 0. The summed E-state index contributed by atoms with van der Waals surface area (Å²) in [7, 11) is 1.50. The van der Waals surface area contributed by atoms with E-state index >= 15 is 0 Å². The second-order valence-corrected chi connectivity index (χ2v) is 5.00. The van der Waals surface area contributed by atoms with E-state index in [0.29, 0.717) is 11.3 Å². The first-order valence-corrected chi connectivity index (χ1v) is 6.77. The van der Waals surface area contributed by atoms with Crippen LogP contribution < -0.4 is 4.74 Å². The molecule has 0 spiro atoms. The van der Waals surface area contributed by atoms with Crippen LogP contribution >= 0.6 is 0 Å². The summed E-state index contributed by atoms with van der Waals surface area (Å²) in [4.78, 5) is 28.8. The van der Waals surface area contributed by atoms with Gasteiger partial charge in [-0.2, -0.15) is 0 Å². The molecule has 2 aromatic rings. The number of aliphatic imine (C=N–C) groups is 1. The average molecular weight is 315 g/mol. The van der Waals surface area contributed by atoms with Crippen molar-refractivity contribution in [2.45, 2.75) is 0 Å². The molecule has 23 heavy (non-hydrogen) atoms. The van der Waals surface area contributed by atoms with Gasteiger partial charge in [-0.25, -0.2) is 8.78 Å². The number of hydrogen-bond acceptors (Lipinski definition) is 4. The minimum Gasteiger partial charge on any atom is -0.497 e. The van der Waals surface area contributed by atoms with E-state index in [1.165, 1.54) is 19.2 Å². The highest BCUT2D eigenvalue weighted by Crippen LogP contribution is 2.30. The Morgan fingerprint density at radius 1 is 1.13 bits per heavy atom. The third-order valence-electron chi connectivity index (χ3n) is 3.61. The third kappa shape index (κ3) is 2.63. The minimum atomic E-state index is -1.15. The van der Waals surface area contributed by atoms with Crippen molar-refractivity contribution in [3.8, 4) is 5.75 Å². The first-order valence-electron chi connectivity index (χ1n) is 6.77. The van der Waals surface area contributed by atoms with Crippen LogP contribution in [0.15, 0.2) is 41.4 Å². The number of ketones is 2. The molecule has 1 aliphatic rings. The number of rotatable bonds is 3. The number of carbonyl (C=O) groups is 2. The first kappa shape index (κ1) is 15.0. The van der Waals surface area contributed by atoms with Crippen LogP contribution in [-0.2, 0) is 0 Å². The van der Waals surface area contributed by atoms with Crippen molar-refractivity contribution in [1.82, 2.24) is 0 Å². The van der Waals surface area contributed by atoms with Crippen LogP contribution in [0, 0.1) is 17.6 Å². The van der Waals surface area contributed by atoms with E-state index < -0.39 is 29.1 Å². The molecule has 1 unspecified atom stereocenters. The predicted molar refractivity (Wildman–Crippen MR) is 79.7 cm³/mol. The Hall–Kier alpha value is -2.89. The third-order valence-corrected chi connectivity index (χ3v) is 3.61. The Kier molecular flexibility index (Phi) is 3.73. The van der Waals surface area contributed by atoms with Gasteiger partial charge in [-0.3, -0.25) is 14.6 Å². The maximum atomic E-state index is 13.3. The van der Waals surface area contributed by atoms with Crippen molar-refractivity contribution < 1.29 is 23.1 Å². The van der Waals surface area contributed by atoms with Gasteiger partial charge in [0, 0.05) is 23.4 Å². The van der Waals surface area contributed by atoms with Crippen molar-refractivity contribution in [3.05, 3.63) is 59.2 Å². The van der Waals surface area contributed by atoms with Gasteiger partial charge in [0.15, 0.2) is 23.2 Å². The van der Waals surface area contributed by atoms with Gasteiger partial charge >= 0.3 is 0 Å². The highest BCUT2D eigenvalue weighted by atomic mass is 19.2. The zero-order valence-corrected chi connectivity index (χ0v) is 12.0. The summed E-state index contributed by atoms with van der Waals surface area (Å²) >= 11 is 0. The normalized spacial score (nSPS) is 16.1. The van der Waals surface area contributed by atoms with Crippen LogP contribution in [0.4, 0.5) is 14.5 Å². The van der Waals surface area contributed by atoms with Crippen LogP contribution in [0.3, 0.4) is 0 Å². The molecule has 3 rings (SSSR count). The molecule has 2 aromatic carbocycles. The molecule has 0 N–H and O–H groups in total. The van der Waals surface area contributed by atoms with Crippen LogP contribution in [0.2, 0.25) is 0 Å². The first-order chi connectivity index (χ1) is 11.0. The number of fused-ring (bicyclic) bond motifs is 1. The van der Waals surface area contributed by atoms with Crippen molar-refractivity contribution in [3.63, 3.8) is 0 Å². The highest BCUT2D eigenvalue weighted by Gasteiger charge is 2.32. The molecule has 1 aliphatic heterocycles. The number of nitrogens with zero attached hydrogens (tertiary/aromatic N) is 1. The summed E-state index contributed by atoms with van der Waals surface area (Å²) in [6, 6.07) is 7.87. The van der Waals surface area contributed by atoms with Crippen molar-refractivity contribution >= 4 is 23.5 Å². The van der Waals surface area contributed by atoms with Crippen molar-refractivity contribution in [2.24, 2.45) is 10.9 Å². The summed E-state index contributed by atoms with van der Waals surface area (Å²) in [5, 5.41) is 0. The number of carbonyl (C=O) groups excluding carboxylic acids is 2. The van der Waals surface area contributed by atoms with Gasteiger partial charge < -0.3 is 4.74 Å². The summed E-state index contributed by atoms with van der Waals surface area (Å²) < 4.78 is 31.5. The van der Waals surface area contributed by atoms with Gasteiger partial charge in [-0.05, 0) is 30.3 Å².